The van der Waals surface area contributed by atoms with Crippen LogP contribution in [0.2, 0.25) is 5.02 Å². The largest absolute Gasteiger partial charge is 0.493 e. The number of methoxy groups -OCH3 is 2. The zero-order chi connectivity index (χ0) is 21.0. The number of halogens is 1. The minimum Gasteiger partial charge on any atom is -0.493 e. The van der Waals surface area contributed by atoms with Gasteiger partial charge in [0.2, 0.25) is 5.91 Å². The van der Waals surface area contributed by atoms with E-state index < -0.39 is 0 Å². The van der Waals surface area contributed by atoms with E-state index in [0.717, 1.165) is 12.0 Å². The number of hydrogen-bond donors (Lipinski definition) is 1. The van der Waals surface area contributed by atoms with Crippen LogP contribution in [0.1, 0.15) is 28.8 Å². The zero-order valence-corrected chi connectivity index (χ0v) is 17.2. The Morgan fingerprint density at radius 2 is 2.07 bits per heavy atom. The molecule has 0 radical (unpaired) electrons. The summed E-state index contributed by atoms with van der Waals surface area (Å²) in [4.78, 5) is 26.6. The van der Waals surface area contributed by atoms with Gasteiger partial charge in [-0.1, -0.05) is 17.7 Å². The summed E-state index contributed by atoms with van der Waals surface area (Å²) in [6, 6.07) is 8.52. The Kier molecular flexibility index (Phi) is 6.44. The second-order valence-corrected chi connectivity index (χ2v) is 7.04. The van der Waals surface area contributed by atoms with Crippen molar-refractivity contribution in [1.82, 2.24) is 0 Å². The molecule has 6 nitrogen and oxygen atoms in total. The Balaban J connectivity index is 1.91. The van der Waals surface area contributed by atoms with Crippen LogP contribution in [0.25, 0.3) is 0 Å². The van der Waals surface area contributed by atoms with Crippen molar-refractivity contribution in [3.05, 3.63) is 59.1 Å². The van der Waals surface area contributed by atoms with Crippen molar-refractivity contribution in [3.8, 4) is 11.5 Å². The maximum Gasteiger partial charge on any atom is 0.255 e. The molecule has 1 fully saturated rings. The minimum atomic E-state index is -0.344. The second kappa shape index (κ2) is 9.01. The van der Waals surface area contributed by atoms with Crippen LogP contribution in [0.3, 0.4) is 0 Å². The molecule has 0 spiro atoms. The van der Waals surface area contributed by atoms with E-state index >= 15 is 0 Å². The third kappa shape index (κ3) is 4.38. The van der Waals surface area contributed by atoms with E-state index in [-0.39, 0.29) is 11.8 Å². The van der Waals surface area contributed by atoms with E-state index in [1.54, 1.807) is 48.4 Å². The van der Waals surface area contributed by atoms with Crippen LogP contribution in [-0.4, -0.2) is 32.6 Å². The molecule has 0 saturated carbocycles. The maximum absolute atomic E-state index is 12.9. The van der Waals surface area contributed by atoms with E-state index in [9.17, 15) is 9.59 Å². The van der Waals surface area contributed by atoms with Crippen molar-refractivity contribution in [1.29, 1.82) is 0 Å². The Morgan fingerprint density at radius 3 is 2.69 bits per heavy atom. The van der Waals surface area contributed by atoms with Gasteiger partial charge < -0.3 is 19.7 Å². The third-order valence-electron chi connectivity index (χ3n) is 4.77. The highest BCUT2D eigenvalue weighted by Crippen LogP contribution is 2.34. The van der Waals surface area contributed by atoms with Gasteiger partial charge in [0.15, 0.2) is 11.5 Å². The smallest absolute Gasteiger partial charge is 0.255 e. The van der Waals surface area contributed by atoms with Crippen LogP contribution in [0.5, 0.6) is 11.5 Å². The first-order chi connectivity index (χ1) is 14.0. The van der Waals surface area contributed by atoms with E-state index in [1.165, 1.54) is 7.11 Å². The molecule has 1 aliphatic rings. The Morgan fingerprint density at radius 1 is 1.28 bits per heavy atom. The fraction of sp³-hybridized carbons (Fsp3) is 0.273. The van der Waals surface area contributed by atoms with Gasteiger partial charge in [-0.2, -0.15) is 0 Å². The first kappa shape index (κ1) is 20.7. The van der Waals surface area contributed by atoms with Crippen molar-refractivity contribution in [2.24, 2.45) is 0 Å². The molecule has 0 aliphatic carbocycles. The van der Waals surface area contributed by atoms with Crippen LogP contribution in [-0.2, 0) is 11.2 Å². The van der Waals surface area contributed by atoms with Crippen molar-refractivity contribution < 1.29 is 19.1 Å². The highest BCUT2D eigenvalue weighted by molar-refractivity contribution is 6.34. The predicted octanol–water partition coefficient (Wildman–Crippen LogP) is 4.46. The number of nitrogens with zero attached hydrogens (tertiary/aromatic N) is 1. The molecule has 2 aromatic carbocycles. The van der Waals surface area contributed by atoms with Crippen LogP contribution in [0, 0.1) is 0 Å². The summed E-state index contributed by atoms with van der Waals surface area (Å²) < 4.78 is 10.8. The Labute approximate surface area is 175 Å². The summed E-state index contributed by atoms with van der Waals surface area (Å²) in [5.41, 5.74) is 2.34. The SMILES string of the molecule is C=CCc1cc(C(=O)Nc2cc(N3CCCC3=O)ccc2Cl)cc(OC)c1OC. The number of carbonyl (C=O) groups excluding carboxylic acids is 2. The summed E-state index contributed by atoms with van der Waals surface area (Å²) in [5, 5.41) is 3.22. The lowest BCUT2D eigenvalue weighted by molar-refractivity contribution is -0.117. The quantitative estimate of drug-likeness (QED) is 0.679. The standard InChI is InChI=1S/C22H23ClN2O4/c1-4-6-14-11-15(12-19(28-2)21(14)29-3)22(27)24-18-13-16(8-9-17(18)23)25-10-5-7-20(25)26/h4,8-9,11-13H,1,5-7,10H2,2-3H3,(H,24,27). The molecule has 2 aromatic rings. The topological polar surface area (TPSA) is 67.9 Å². The van der Waals surface area contributed by atoms with Gasteiger partial charge in [0.25, 0.3) is 5.91 Å². The van der Waals surface area contributed by atoms with Crippen molar-refractivity contribution in [3.63, 3.8) is 0 Å². The molecule has 152 valence electrons. The van der Waals surface area contributed by atoms with Crippen molar-refractivity contribution in [2.75, 3.05) is 31.0 Å². The van der Waals surface area contributed by atoms with Crippen molar-refractivity contribution in [2.45, 2.75) is 19.3 Å². The molecule has 2 amide bonds. The van der Waals surface area contributed by atoms with E-state index in [2.05, 4.69) is 11.9 Å². The van der Waals surface area contributed by atoms with Crippen molar-refractivity contribution >= 4 is 34.8 Å². The summed E-state index contributed by atoms with van der Waals surface area (Å²) >= 11 is 6.28. The molecule has 1 saturated heterocycles. The van der Waals surface area contributed by atoms with E-state index in [4.69, 9.17) is 21.1 Å². The molecule has 0 aromatic heterocycles. The number of anilines is 2. The number of amides is 2. The molecule has 1 aliphatic heterocycles. The number of nitrogens with one attached hydrogen (secondary N) is 1. The number of hydrogen-bond acceptors (Lipinski definition) is 4. The predicted molar refractivity (Wildman–Crippen MR) is 114 cm³/mol. The van der Waals surface area contributed by atoms with Crippen LogP contribution in [0.4, 0.5) is 11.4 Å². The summed E-state index contributed by atoms with van der Waals surface area (Å²) in [6.07, 6.45) is 3.60. The number of carbonyl (C=O) groups is 2. The average Bonchev–Trinajstić information content (AvgIpc) is 3.15. The van der Waals surface area contributed by atoms with Crippen LogP contribution < -0.4 is 19.7 Å². The summed E-state index contributed by atoms with van der Waals surface area (Å²) in [7, 11) is 3.07. The van der Waals surface area contributed by atoms with Crippen LogP contribution in [0.15, 0.2) is 43.0 Å². The van der Waals surface area contributed by atoms with Gasteiger partial charge in [0.05, 0.1) is 24.9 Å². The fourth-order valence-electron chi connectivity index (χ4n) is 3.37. The molecule has 0 unspecified atom stereocenters. The first-order valence-electron chi connectivity index (χ1n) is 9.25. The third-order valence-corrected chi connectivity index (χ3v) is 5.10. The lowest BCUT2D eigenvalue weighted by atomic mass is 10.0. The van der Waals surface area contributed by atoms with Gasteiger partial charge in [-0.15, -0.1) is 6.58 Å². The van der Waals surface area contributed by atoms with Gasteiger partial charge in [-0.25, -0.2) is 0 Å². The molecule has 0 atom stereocenters. The molecule has 1 heterocycles. The lowest BCUT2D eigenvalue weighted by Crippen LogP contribution is -2.23. The number of ether oxygens (including phenoxy) is 2. The monoisotopic (exact) mass is 414 g/mol. The number of benzene rings is 2. The first-order valence-corrected chi connectivity index (χ1v) is 9.63. The second-order valence-electron chi connectivity index (χ2n) is 6.63. The summed E-state index contributed by atoms with van der Waals surface area (Å²) in [6.45, 7) is 4.41. The Bertz CT molecular complexity index is 958. The molecule has 1 N–H and O–H groups in total. The molecular weight excluding hydrogens is 392 g/mol. The van der Waals surface area contributed by atoms with Gasteiger partial charge in [0.1, 0.15) is 0 Å². The summed E-state index contributed by atoms with van der Waals surface area (Å²) in [5.74, 6) is 0.748. The van der Waals surface area contributed by atoms with Gasteiger partial charge in [-0.05, 0) is 43.2 Å². The molecular formula is C22H23ClN2O4. The highest BCUT2D eigenvalue weighted by atomic mass is 35.5. The van der Waals surface area contributed by atoms with Gasteiger partial charge in [0, 0.05) is 29.8 Å². The Hall–Kier alpha value is -2.99. The van der Waals surface area contributed by atoms with Gasteiger partial charge in [-0.3, -0.25) is 9.59 Å². The van der Waals surface area contributed by atoms with E-state index in [0.29, 0.717) is 52.8 Å². The average molecular weight is 415 g/mol. The number of allylic oxidation sites excluding steroid dienone is 1. The fourth-order valence-corrected chi connectivity index (χ4v) is 3.54. The highest BCUT2D eigenvalue weighted by Gasteiger charge is 2.23. The van der Waals surface area contributed by atoms with Crippen LogP contribution >= 0.6 is 11.6 Å². The normalized spacial score (nSPS) is 13.3. The lowest BCUT2D eigenvalue weighted by Gasteiger charge is -2.18. The number of rotatable bonds is 7. The molecule has 0 bridgehead atoms. The molecule has 7 heteroatoms. The molecule has 3 rings (SSSR count). The van der Waals surface area contributed by atoms with E-state index in [1.807, 2.05) is 0 Å². The van der Waals surface area contributed by atoms with Gasteiger partial charge >= 0.3 is 0 Å². The zero-order valence-electron chi connectivity index (χ0n) is 16.5. The maximum atomic E-state index is 12.9. The minimum absolute atomic E-state index is 0.0681. The molecule has 29 heavy (non-hydrogen) atoms.